The molecule has 0 unspecified atom stereocenters. The number of nitrogens with zero attached hydrogens (tertiary/aromatic N) is 1. The number of aromatic nitrogens is 1. The third-order valence-corrected chi connectivity index (χ3v) is 0.862. The van der Waals surface area contributed by atoms with Gasteiger partial charge in [-0.2, -0.15) is 0 Å². The molecular formula is C6H5ClFNO. The topological polar surface area (TPSA) is 30.0 Å². The Morgan fingerprint density at radius 1 is 1.50 bits per heavy atom. The third kappa shape index (κ3) is 2.11. The molecule has 1 heterocycles. The van der Waals surface area contributed by atoms with E-state index in [0.717, 1.165) is 12.3 Å². The van der Waals surface area contributed by atoms with Gasteiger partial charge in [-0.3, -0.25) is 9.78 Å². The van der Waals surface area contributed by atoms with E-state index in [1.54, 1.807) is 0 Å². The predicted octanol–water partition coefficient (Wildman–Crippen LogP) is 1.45. The van der Waals surface area contributed by atoms with Crippen molar-refractivity contribution in [3.63, 3.8) is 0 Å². The molecule has 0 amide bonds. The minimum atomic E-state index is -0.486. The van der Waals surface area contributed by atoms with Crippen LogP contribution in [0.1, 0.15) is 10.4 Å². The molecule has 10 heavy (non-hydrogen) atoms. The minimum absolute atomic E-state index is 0. The van der Waals surface area contributed by atoms with Crippen LogP contribution >= 0.6 is 12.4 Å². The van der Waals surface area contributed by atoms with Gasteiger partial charge in [-0.15, -0.1) is 12.4 Å². The van der Waals surface area contributed by atoms with Crippen molar-refractivity contribution >= 4 is 18.7 Å². The number of carbonyl (C=O) groups excluding carboxylic acids is 1. The first kappa shape index (κ1) is 9.04. The Labute approximate surface area is 63.5 Å². The van der Waals surface area contributed by atoms with Crippen LogP contribution in [-0.2, 0) is 0 Å². The molecular weight excluding hydrogens is 157 g/mol. The quantitative estimate of drug-likeness (QED) is 0.584. The lowest BCUT2D eigenvalue weighted by molar-refractivity contribution is 0.112. The fourth-order valence-electron chi connectivity index (χ4n) is 0.493. The molecule has 0 N–H and O–H groups in total. The number of hydrogen-bond acceptors (Lipinski definition) is 2. The molecule has 1 aromatic heterocycles. The fraction of sp³-hybridized carbons (Fsp3) is 0. The maximum atomic E-state index is 12.1. The third-order valence-electron chi connectivity index (χ3n) is 0.862. The summed E-state index contributed by atoms with van der Waals surface area (Å²) in [4.78, 5) is 13.4. The van der Waals surface area contributed by atoms with Gasteiger partial charge in [0.15, 0.2) is 6.29 Å². The largest absolute Gasteiger partial charge is 0.298 e. The number of halogens is 2. The Kier molecular flexibility index (Phi) is 3.57. The molecule has 0 aromatic carbocycles. The molecule has 54 valence electrons. The lowest BCUT2D eigenvalue weighted by Crippen LogP contribution is -1.83. The van der Waals surface area contributed by atoms with E-state index in [2.05, 4.69) is 4.98 Å². The van der Waals surface area contributed by atoms with Crippen molar-refractivity contribution in [2.24, 2.45) is 0 Å². The highest BCUT2D eigenvalue weighted by atomic mass is 35.5. The van der Waals surface area contributed by atoms with Gasteiger partial charge in [0.1, 0.15) is 5.82 Å². The zero-order valence-corrected chi connectivity index (χ0v) is 5.77. The van der Waals surface area contributed by atoms with Crippen LogP contribution in [0.5, 0.6) is 0 Å². The zero-order valence-electron chi connectivity index (χ0n) is 4.95. The van der Waals surface area contributed by atoms with Crippen LogP contribution in [0, 0.1) is 5.82 Å². The molecule has 1 aromatic rings. The summed E-state index contributed by atoms with van der Waals surface area (Å²) in [6, 6.07) is 1.12. The summed E-state index contributed by atoms with van der Waals surface area (Å²) >= 11 is 0. The molecule has 0 atom stereocenters. The van der Waals surface area contributed by atoms with Crippen molar-refractivity contribution in [3.05, 3.63) is 29.8 Å². The van der Waals surface area contributed by atoms with E-state index < -0.39 is 5.82 Å². The SMILES string of the molecule is Cl.O=Cc1cncc(F)c1. The Morgan fingerprint density at radius 3 is 2.60 bits per heavy atom. The minimum Gasteiger partial charge on any atom is -0.298 e. The maximum absolute atomic E-state index is 12.1. The van der Waals surface area contributed by atoms with Crippen LogP contribution in [-0.4, -0.2) is 11.3 Å². The van der Waals surface area contributed by atoms with Gasteiger partial charge >= 0.3 is 0 Å². The molecule has 0 spiro atoms. The Morgan fingerprint density at radius 2 is 2.20 bits per heavy atom. The second kappa shape index (κ2) is 3.95. The number of pyridine rings is 1. The molecule has 1 rings (SSSR count). The smallest absolute Gasteiger partial charge is 0.151 e. The monoisotopic (exact) mass is 161 g/mol. The summed E-state index contributed by atoms with van der Waals surface area (Å²) in [6.45, 7) is 0. The lowest BCUT2D eigenvalue weighted by atomic mass is 10.3. The molecule has 2 nitrogen and oxygen atoms in total. The van der Waals surface area contributed by atoms with E-state index in [1.165, 1.54) is 6.20 Å². The Hall–Kier alpha value is -0.960. The zero-order chi connectivity index (χ0) is 6.69. The van der Waals surface area contributed by atoms with Crippen LogP contribution in [0.4, 0.5) is 4.39 Å². The van der Waals surface area contributed by atoms with Crippen LogP contribution < -0.4 is 0 Å². The standard InChI is InChI=1S/C6H4FNO.ClH/c7-6-1-5(4-9)2-8-3-6;/h1-4H;1H. The van der Waals surface area contributed by atoms with Crippen LogP contribution in [0.3, 0.4) is 0 Å². The predicted molar refractivity (Wildman–Crippen MR) is 36.8 cm³/mol. The van der Waals surface area contributed by atoms with Gasteiger partial charge in [-0.25, -0.2) is 4.39 Å². The first-order valence-corrected chi connectivity index (χ1v) is 2.38. The summed E-state index contributed by atoms with van der Waals surface area (Å²) in [5, 5.41) is 0. The lowest BCUT2D eigenvalue weighted by Gasteiger charge is -1.86. The number of carbonyl (C=O) groups is 1. The summed E-state index contributed by atoms with van der Waals surface area (Å²) in [5.74, 6) is -0.486. The molecule has 0 aliphatic heterocycles. The van der Waals surface area contributed by atoms with Crippen molar-refractivity contribution in [1.29, 1.82) is 0 Å². The molecule has 0 aliphatic carbocycles. The highest BCUT2D eigenvalue weighted by Gasteiger charge is 1.90. The average molecular weight is 162 g/mol. The maximum Gasteiger partial charge on any atom is 0.151 e. The van der Waals surface area contributed by atoms with Gasteiger partial charge in [-0.05, 0) is 6.07 Å². The average Bonchev–Trinajstić information content (AvgIpc) is 1.88. The van der Waals surface area contributed by atoms with Gasteiger partial charge in [0.25, 0.3) is 0 Å². The van der Waals surface area contributed by atoms with Gasteiger partial charge in [0.05, 0.1) is 6.20 Å². The molecule has 4 heteroatoms. The first-order chi connectivity index (χ1) is 4.33. The highest BCUT2D eigenvalue weighted by Crippen LogP contribution is 1.95. The van der Waals surface area contributed by atoms with E-state index in [9.17, 15) is 9.18 Å². The van der Waals surface area contributed by atoms with Crippen LogP contribution in [0.2, 0.25) is 0 Å². The summed E-state index contributed by atoms with van der Waals surface area (Å²) in [6.07, 6.45) is 2.90. The van der Waals surface area contributed by atoms with E-state index in [0.29, 0.717) is 6.29 Å². The molecule has 0 bridgehead atoms. The Balaban J connectivity index is 0.000000810. The van der Waals surface area contributed by atoms with E-state index in [-0.39, 0.29) is 18.0 Å². The van der Waals surface area contributed by atoms with E-state index >= 15 is 0 Å². The summed E-state index contributed by atoms with van der Waals surface area (Å²) in [7, 11) is 0. The molecule has 0 radical (unpaired) electrons. The second-order valence-electron chi connectivity index (χ2n) is 1.55. The van der Waals surface area contributed by atoms with Gasteiger partial charge < -0.3 is 0 Å². The molecule has 0 aliphatic rings. The van der Waals surface area contributed by atoms with Gasteiger partial charge in [0.2, 0.25) is 0 Å². The van der Waals surface area contributed by atoms with Crippen molar-refractivity contribution in [2.75, 3.05) is 0 Å². The van der Waals surface area contributed by atoms with E-state index in [4.69, 9.17) is 0 Å². The molecule has 0 saturated carbocycles. The highest BCUT2D eigenvalue weighted by molar-refractivity contribution is 5.85. The fourth-order valence-corrected chi connectivity index (χ4v) is 0.493. The number of aldehydes is 1. The number of hydrogen-bond donors (Lipinski definition) is 0. The van der Waals surface area contributed by atoms with Gasteiger partial charge in [0, 0.05) is 11.8 Å². The molecule has 0 saturated heterocycles. The van der Waals surface area contributed by atoms with Crippen molar-refractivity contribution in [2.45, 2.75) is 0 Å². The Bertz CT molecular complexity index is 229. The van der Waals surface area contributed by atoms with Crippen molar-refractivity contribution in [1.82, 2.24) is 4.98 Å². The summed E-state index contributed by atoms with van der Waals surface area (Å²) in [5.41, 5.74) is 0.259. The van der Waals surface area contributed by atoms with E-state index in [1.807, 2.05) is 0 Å². The van der Waals surface area contributed by atoms with Crippen molar-refractivity contribution in [3.8, 4) is 0 Å². The second-order valence-corrected chi connectivity index (χ2v) is 1.55. The molecule has 0 fully saturated rings. The first-order valence-electron chi connectivity index (χ1n) is 2.38. The normalized spacial score (nSPS) is 8.10. The van der Waals surface area contributed by atoms with Gasteiger partial charge in [-0.1, -0.05) is 0 Å². The van der Waals surface area contributed by atoms with Crippen LogP contribution in [0.15, 0.2) is 18.5 Å². The summed E-state index contributed by atoms with van der Waals surface area (Å²) < 4.78 is 12.1. The van der Waals surface area contributed by atoms with Crippen LogP contribution in [0.25, 0.3) is 0 Å². The van der Waals surface area contributed by atoms with Crippen molar-refractivity contribution < 1.29 is 9.18 Å². The number of rotatable bonds is 1.